The van der Waals surface area contributed by atoms with Crippen LogP contribution in [0.15, 0.2) is 78.4 Å². The van der Waals surface area contributed by atoms with Crippen LogP contribution in [0.25, 0.3) is 26.0 Å². The molecule has 6 rings (SSSR count). The number of nitrogens with zero attached hydrogens (tertiary/aromatic N) is 3. The summed E-state index contributed by atoms with van der Waals surface area (Å²) in [6, 6.07) is 20.1. The first-order valence-corrected chi connectivity index (χ1v) is 13.4. The molecule has 0 unspecified atom stereocenters. The molecule has 8 heteroatoms. The molecular formula is C28H24N4O2S2. The lowest BCUT2D eigenvalue weighted by atomic mass is 9.94. The predicted molar refractivity (Wildman–Crippen MR) is 148 cm³/mol. The number of benzene rings is 2. The molecule has 6 nitrogen and oxygen atoms in total. The van der Waals surface area contributed by atoms with Crippen molar-refractivity contribution in [2.75, 3.05) is 11.9 Å². The fraction of sp³-hybridized carbons (Fsp3) is 0.179. The summed E-state index contributed by atoms with van der Waals surface area (Å²) in [5, 5.41) is 4.59. The van der Waals surface area contributed by atoms with Crippen molar-refractivity contribution in [1.82, 2.24) is 14.9 Å². The Morgan fingerprint density at radius 1 is 1.11 bits per heavy atom. The van der Waals surface area contributed by atoms with Crippen LogP contribution in [0.3, 0.4) is 0 Å². The van der Waals surface area contributed by atoms with Gasteiger partial charge in [0.15, 0.2) is 0 Å². The SMILES string of the molecule is CC1(C)C(c2cc3c(Nc4ccc5scnc5c4)ccnc3s2)=CCN1C(=O)OCc1ccccc1. The zero-order chi connectivity index (χ0) is 24.7. The van der Waals surface area contributed by atoms with Gasteiger partial charge in [-0.3, -0.25) is 4.90 Å². The molecule has 1 N–H and O–H groups in total. The largest absolute Gasteiger partial charge is 0.445 e. The van der Waals surface area contributed by atoms with Crippen LogP contribution < -0.4 is 5.32 Å². The minimum Gasteiger partial charge on any atom is -0.445 e. The van der Waals surface area contributed by atoms with Gasteiger partial charge in [-0.1, -0.05) is 36.4 Å². The second-order valence-electron chi connectivity index (χ2n) is 9.18. The van der Waals surface area contributed by atoms with E-state index in [-0.39, 0.29) is 12.7 Å². The third kappa shape index (κ3) is 4.12. The molecule has 180 valence electrons. The maximum Gasteiger partial charge on any atom is 0.411 e. The fourth-order valence-electron chi connectivity index (χ4n) is 4.58. The van der Waals surface area contributed by atoms with Crippen molar-refractivity contribution in [3.8, 4) is 0 Å². The smallest absolute Gasteiger partial charge is 0.411 e. The summed E-state index contributed by atoms with van der Waals surface area (Å²) in [7, 11) is 0. The van der Waals surface area contributed by atoms with Gasteiger partial charge in [0.1, 0.15) is 11.4 Å². The highest BCUT2D eigenvalue weighted by molar-refractivity contribution is 7.19. The van der Waals surface area contributed by atoms with Crippen molar-refractivity contribution in [3.63, 3.8) is 0 Å². The zero-order valence-electron chi connectivity index (χ0n) is 19.9. The molecule has 36 heavy (non-hydrogen) atoms. The third-order valence-electron chi connectivity index (χ3n) is 6.55. The van der Waals surface area contributed by atoms with Crippen LogP contribution in [0.5, 0.6) is 0 Å². The van der Waals surface area contributed by atoms with E-state index < -0.39 is 5.54 Å². The van der Waals surface area contributed by atoms with Crippen molar-refractivity contribution in [1.29, 1.82) is 0 Å². The van der Waals surface area contributed by atoms with E-state index >= 15 is 0 Å². The molecule has 3 aromatic heterocycles. The molecule has 1 aliphatic rings. The van der Waals surface area contributed by atoms with Crippen LogP contribution in [-0.4, -0.2) is 33.0 Å². The first-order chi connectivity index (χ1) is 17.5. The summed E-state index contributed by atoms with van der Waals surface area (Å²) in [6.45, 7) is 4.90. The molecule has 1 aliphatic heterocycles. The molecule has 4 heterocycles. The summed E-state index contributed by atoms with van der Waals surface area (Å²) in [5.41, 5.74) is 6.41. The summed E-state index contributed by atoms with van der Waals surface area (Å²) in [4.78, 5) is 25.8. The minimum atomic E-state index is -0.502. The Kier molecular flexibility index (Phi) is 5.70. The van der Waals surface area contributed by atoms with E-state index in [1.54, 1.807) is 27.6 Å². The lowest BCUT2D eigenvalue weighted by molar-refractivity contribution is 0.0824. The molecule has 0 aliphatic carbocycles. The Balaban J connectivity index is 1.23. The van der Waals surface area contributed by atoms with Gasteiger partial charge in [-0.25, -0.2) is 14.8 Å². The number of amides is 1. The Bertz CT molecular complexity index is 1600. The second-order valence-corrected chi connectivity index (χ2v) is 11.1. The molecule has 1 amide bonds. The number of carbonyl (C=O) groups is 1. The van der Waals surface area contributed by atoms with E-state index in [9.17, 15) is 4.79 Å². The number of thiophene rings is 1. The third-order valence-corrected chi connectivity index (χ3v) is 8.43. The number of ether oxygens (including phenoxy) is 1. The van der Waals surface area contributed by atoms with Crippen molar-refractivity contribution in [2.24, 2.45) is 0 Å². The first kappa shape index (κ1) is 22.7. The number of thiazole rings is 1. The van der Waals surface area contributed by atoms with Crippen LogP contribution in [-0.2, 0) is 11.3 Å². The van der Waals surface area contributed by atoms with Crippen molar-refractivity contribution in [2.45, 2.75) is 26.0 Å². The molecule has 0 fully saturated rings. The maximum absolute atomic E-state index is 13.0. The number of nitrogens with one attached hydrogen (secondary N) is 1. The Morgan fingerprint density at radius 2 is 1.97 bits per heavy atom. The minimum absolute atomic E-state index is 0.260. The van der Waals surface area contributed by atoms with Gasteiger partial charge in [0.25, 0.3) is 0 Å². The maximum atomic E-state index is 13.0. The van der Waals surface area contributed by atoms with E-state index in [2.05, 4.69) is 59.5 Å². The van der Waals surface area contributed by atoms with E-state index in [1.807, 2.05) is 48.1 Å². The predicted octanol–water partition coefficient (Wildman–Crippen LogP) is 7.46. The number of anilines is 2. The first-order valence-electron chi connectivity index (χ1n) is 11.7. The molecule has 0 radical (unpaired) electrons. The molecule has 0 saturated carbocycles. The number of fused-ring (bicyclic) bond motifs is 2. The van der Waals surface area contributed by atoms with E-state index in [1.165, 1.54) is 4.70 Å². The molecular weight excluding hydrogens is 488 g/mol. The highest BCUT2D eigenvalue weighted by atomic mass is 32.1. The van der Waals surface area contributed by atoms with E-state index in [0.717, 1.165) is 43.1 Å². The quantitative estimate of drug-likeness (QED) is 0.265. The number of pyridine rings is 1. The van der Waals surface area contributed by atoms with Gasteiger partial charge in [-0.15, -0.1) is 22.7 Å². The van der Waals surface area contributed by atoms with Gasteiger partial charge < -0.3 is 10.1 Å². The topological polar surface area (TPSA) is 67.4 Å². The summed E-state index contributed by atoms with van der Waals surface area (Å²) in [6.07, 6.45) is 3.64. The Hall–Kier alpha value is -3.75. The van der Waals surface area contributed by atoms with Gasteiger partial charge in [0.2, 0.25) is 0 Å². The van der Waals surface area contributed by atoms with Crippen LogP contribution in [0.1, 0.15) is 24.3 Å². The van der Waals surface area contributed by atoms with Crippen molar-refractivity contribution < 1.29 is 9.53 Å². The summed E-state index contributed by atoms with van der Waals surface area (Å²) >= 11 is 3.28. The highest BCUT2D eigenvalue weighted by Gasteiger charge is 2.40. The average Bonchev–Trinajstić information content (AvgIpc) is 3.59. The lowest BCUT2D eigenvalue weighted by Gasteiger charge is -2.33. The molecule has 0 atom stereocenters. The number of hydrogen-bond donors (Lipinski definition) is 1. The number of hydrogen-bond acceptors (Lipinski definition) is 7. The zero-order valence-corrected chi connectivity index (χ0v) is 21.5. The highest BCUT2D eigenvalue weighted by Crippen LogP contribution is 2.43. The Labute approximate surface area is 216 Å². The molecule has 0 spiro atoms. The van der Waals surface area contributed by atoms with Crippen LogP contribution in [0.4, 0.5) is 16.2 Å². The normalized spacial score (nSPS) is 14.8. The van der Waals surface area contributed by atoms with Crippen LogP contribution >= 0.6 is 22.7 Å². The van der Waals surface area contributed by atoms with Gasteiger partial charge in [0, 0.05) is 28.7 Å². The summed E-state index contributed by atoms with van der Waals surface area (Å²) < 4.78 is 6.80. The van der Waals surface area contributed by atoms with Crippen molar-refractivity contribution in [3.05, 3.63) is 88.9 Å². The molecule has 5 aromatic rings. The monoisotopic (exact) mass is 512 g/mol. The van der Waals surface area contributed by atoms with E-state index in [0.29, 0.717) is 6.54 Å². The number of rotatable bonds is 5. The van der Waals surface area contributed by atoms with Gasteiger partial charge >= 0.3 is 6.09 Å². The van der Waals surface area contributed by atoms with Crippen LogP contribution in [0, 0.1) is 0 Å². The standard InChI is InChI=1S/C28H24N4O2S2/c1-28(2)21(11-13-32(28)27(33)34-16-18-6-4-3-5-7-18)25-15-20-22(10-12-29-26(20)36-25)31-19-8-9-24-23(14-19)30-17-35-24/h3-12,14-15,17H,13,16H2,1-2H3,(H,29,31). The van der Waals surface area contributed by atoms with Crippen molar-refractivity contribution >= 4 is 66.1 Å². The lowest BCUT2D eigenvalue weighted by Crippen LogP contribution is -2.44. The van der Waals surface area contributed by atoms with Gasteiger partial charge in [-0.2, -0.15) is 0 Å². The fourth-order valence-corrected chi connectivity index (χ4v) is 6.46. The number of aromatic nitrogens is 2. The van der Waals surface area contributed by atoms with Crippen LogP contribution in [0.2, 0.25) is 0 Å². The molecule has 0 saturated heterocycles. The van der Waals surface area contributed by atoms with Gasteiger partial charge in [-0.05, 0) is 55.3 Å². The van der Waals surface area contributed by atoms with E-state index in [4.69, 9.17) is 4.74 Å². The second kappa shape index (κ2) is 9.04. The molecule has 0 bridgehead atoms. The van der Waals surface area contributed by atoms with Gasteiger partial charge in [0.05, 0.1) is 27.0 Å². The summed E-state index contributed by atoms with van der Waals surface area (Å²) in [5.74, 6) is 0. The number of carbonyl (C=O) groups excluding carboxylic acids is 1. The molecule has 2 aromatic carbocycles. The average molecular weight is 513 g/mol. The Morgan fingerprint density at radius 3 is 2.83 bits per heavy atom.